The molecule has 1 fully saturated rings. The first-order valence-electron chi connectivity index (χ1n) is 7.52. The summed E-state index contributed by atoms with van der Waals surface area (Å²) in [5.41, 5.74) is -0.0146. The van der Waals surface area contributed by atoms with Gasteiger partial charge in [-0.2, -0.15) is 0 Å². The van der Waals surface area contributed by atoms with E-state index in [-0.39, 0.29) is 23.9 Å². The van der Waals surface area contributed by atoms with E-state index in [4.69, 9.17) is 5.11 Å². The molecule has 0 heterocycles. The van der Waals surface area contributed by atoms with E-state index in [2.05, 4.69) is 10.6 Å². The molecule has 1 unspecified atom stereocenters. The third-order valence-electron chi connectivity index (χ3n) is 3.68. The van der Waals surface area contributed by atoms with E-state index in [1.807, 2.05) is 20.8 Å². The number of amides is 2. The topological polar surface area (TPSA) is 78.4 Å². The molecule has 0 aliphatic heterocycles. The van der Waals surface area contributed by atoms with Crippen LogP contribution < -0.4 is 10.6 Å². The number of nitrogens with one attached hydrogen (secondary N) is 2. The van der Waals surface area contributed by atoms with Gasteiger partial charge in [0.15, 0.2) is 0 Å². The van der Waals surface area contributed by atoms with E-state index < -0.39 is 5.97 Å². The molecule has 0 aromatic heterocycles. The van der Waals surface area contributed by atoms with Crippen LogP contribution in [0, 0.1) is 11.3 Å². The van der Waals surface area contributed by atoms with Crippen molar-refractivity contribution in [3.05, 3.63) is 0 Å². The van der Waals surface area contributed by atoms with Gasteiger partial charge in [-0.3, -0.25) is 4.79 Å². The normalized spacial score (nSPS) is 17.1. The smallest absolute Gasteiger partial charge is 0.315 e. The van der Waals surface area contributed by atoms with E-state index in [1.165, 1.54) is 19.3 Å². The van der Waals surface area contributed by atoms with Gasteiger partial charge in [0, 0.05) is 12.6 Å². The van der Waals surface area contributed by atoms with Crippen LogP contribution in [0.2, 0.25) is 0 Å². The summed E-state index contributed by atoms with van der Waals surface area (Å²) in [6, 6.07) is -0.573. The zero-order valence-electron chi connectivity index (χ0n) is 12.9. The number of carboxylic acids is 1. The fraction of sp³-hybridized carbons (Fsp3) is 0.867. The number of hydrogen-bond acceptors (Lipinski definition) is 2. The van der Waals surface area contributed by atoms with Crippen molar-refractivity contribution in [2.24, 2.45) is 11.3 Å². The van der Waals surface area contributed by atoms with Gasteiger partial charge in [0.25, 0.3) is 0 Å². The maximum atomic E-state index is 11.8. The molecule has 1 atom stereocenters. The van der Waals surface area contributed by atoms with E-state index in [0.717, 1.165) is 12.3 Å². The van der Waals surface area contributed by atoms with Gasteiger partial charge in [-0.1, -0.05) is 40.0 Å². The number of aliphatic carboxylic acids is 1. The van der Waals surface area contributed by atoms with Crippen LogP contribution in [0.25, 0.3) is 0 Å². The molecule has 0 bridgehead atoms. The Labute approximate surface area is 121 Å². The zero-order valence-corrected chi connectivity index (χ0v) is 12.9. The van der Waals surface area contributed by atoms with Crippen molar-refractivity contribution >= 4 is 12.0 Å². The minimum absolute atomic E-state index is 0.0146. The number of carbonyl (C=O) groups is 2. The van der Waals surface area contributed by atoms with E-state index in [0.29, 0.717) is 13.0 Å². The van der Waals surface area contributed by atoms with Crippen LogP contribution in [0.15, 0.2) is 0 Å². The summed E-state index contributed by atoms with van der Waals surface area (Å²) in [5, 5.41) is 14.5. The van der Waals surface area contributed by atoms with Crippen LogP contribution in [-0.2, 0) is 4.79 Å². The maximum absolute atomic E-state index is 11.8. The second kappa shape index (κ2) is 7.50. The molecule has 0 radical (unpaired) electrons. The van der Waals surface area contributed by atoms with Crippen LogP contribution in [0.5, 0.6) is 0 Å². The van der Waals surface area contributed by atoms with E-state index in [1.54, 1.807) is 0 Å². The Hall–Kier alpha value is -1.26. The summed E-state index contributed by atoms with van der Waals surface area (Å²) in [4.78, 5) is 22.6. The molecule has 0 spiro atoms. The van der Waals surface area contributed by atoms with Crippen LogP contribution >= 0.6 is 0 Å². The lowest BCUT2D eigenvalue weighted by atomic mass is 9.83. The van der Waals surface area contributed by atoms with Crippen molar-refractivity contribution in [1.82, 2.24) is 10.6 Å². The van der Waals surface area contributed by atoms with Gasteiger partial charge in [-0.25, -0.2) is 4.79 Å². The average molecular weight is 284 g/mol. The number of urea groups is 1. The zero-order chi connectivity index (χ0) is 15.2. The second-order valence-corrected chi connectivity index (χ2v) is 7.05. The van der Waals surface area contributed by atoms with Gasteiger partial charge in [0.2, 0.25) is 0 Å². The summed E-state index contributed by atoms with van der Waals surface area (Å²) >= 11 is 0. The first-order chi connectivity index (χ1) is 9.26. The predicted octanol–water partition coefficient (Wildman–Crippen LogP) is 2.76. The lowest BCUT2D eigenvalue weighted by molar-refractivity contribution is -0.137. The van der Waals surface area contributed by atoms with Crippen molar-refractivity contribution in [3.8, 4) is 0 Å². The average Bonchev–Trinajstić information content (AvgIpc) is 2.17. The van der Waals surface area contributed by atoms with E-state index >= 15 is 0 Å². The van der Waals surface area contributed by atoms with Crippen molar-refractivity contribution in [1.29, 1.82) is 0 Å². The van der Waals surface area contributed by atoms with Gasteiger partial charge in [-0.05, 0) is 24.2 Å². The molecule has 0 aromatic carbocycles. The summed E-state index contributed by atoms with van der Waals surface area (Å²) in [6.07, 6.45) is 5.49. The van der Waals surface area contributed by atoms with Crippen molar-refractivity contribution in [2.75, 3.05) is 6.54 Å². The fourth-order valence-corrected chi connectivity index (χ4v) is 2.53. The number of rotatable bonds is 7. The molecule has 1 rings (SSSR count). The highest BCUT2D eigenvalue weighted by Gasteiger charge is 2.23. The Morgan fingerprint density at radius 3 is 2.40 bits per heavy atom. The minimum atomic E-state index is -0.881. The minimum Gasteiger partial charge on any atom is -0.481 e. The summed E-state index contributed by atoms with van der Waals surface area (Å²) < 4.78 is 0. The molecule has 20 heavy (non-hydrogen) atoms. The molecule has 3 N–H and O–H groups in total. The molecule has 1 aliphatic carbocycles. The Balaban J connectivity index is 2.30. The van der Waals surface area contributed by atoms with Crippen LogP contribution in [0.3, 0.4) is 0 Å². The molecule has 2 amide bonds. The first kappa shape index (κ1) is 16.8. The molecule has 1 saturated carbocycles. The Morgan fingerprint density at radius 2 is 1.95 bits per heavy atom. The number of carbonyl (C=O) groups excluding carboxylic acids is 1. The second-order valence-electron chi connectivity index (χ2n) is 7.05. The first-order valence-corrected chi connectivity index (χ1v) is 7.52. The summed E-state index contributed by atoms with van der Waals surface area (Å²) in [7, 11) is 0. The molecule has 1 aliphatic rings. The van der Waals surface area contributed by atoms with Crippen LogP contribution in [0.1, 0.15) is 59.3 Å². The fourth-order valence-electron chi connectivity index (χ4n) is 2.53. The SMILES string of the molecule is CC(C)(C)CC(CC(=O)O)NC(=O)NCCC1CCC1. The Bertz CT molecular complexity index is 333. The molecule has 5 heteroatoms. The van der Waals surface area contributed by atoms with Crippen LogP contribution in [0.4, 0.5) is 4.79 Å². The van der Waals surface area contributed by atoms with Gasteiger partial charge in [-0.15, -0.1) is 0 Å². The number of hydrogen-bond donors (Lipinski definition) is 3. The standard InChI is InChI=1S/C15H28N2O3/c1-15(2,3)10-12(9-13(18)19)17-14(20)16-8-7-11-5-4-6-11/h11-12H,4-10H2,1-3H3,(H,18,19)(H2,16,17,20). The van der Waals surface area contributed by atoms with Gasteiger partial charge in [0.1, 0.15) is 0 Å². The van der Waals surface area contributed by atoms with Gasteiger partial charge >= 0.3 is 12.0 Å². The highest BCUT2D eigenvalue weighted by molar-refractivity contribution is 5.75. The molecular formula is C15H28N2O3. The monoisotopic (exact) mass is 284 g/mol. The Morgan fingerprint density at radius 1 is 1.30 bits per heavy atom. The van der Waals surface area contributed by atoms with Crippen molar-refractivity contribution in [2.45, 2.75) is 65.3 Å². The Kier molecular flexibility index (Phi) is 6.30. The lowest BCUT2D eigenvalue weighted by Gasteiger charge is -2.27. The van der Waals surface area contributed by atoms with Gasteiger partial charge < -0.3 is 15.7 Å². The molecule has 5 nitrogen and oxygen atoms in total. The van der Waals surface area contributed by atoms with Gasteiger partial charge in [0.05, 0.1) is 6.42 Å². The predicted molar refractivity (Wildman–Crippen MR) is 78.6 cm³/mol. The number of carboxylic acid groups (broad SMARTS) is 1. The summed E-state index contributed by atoms with van der Waals surface area (Å²) in [5.74, 6) is -0.117. The molecule has 0 aromatic rings. The van der Waals surface area contributed by atoms with Crippen molar-refractivity contribution in [3.63, 3.8) is 0 Å². The highest BCUT2D eigenvalue weighted by atomic mass is 16.4. The largest absolute Gasteiger partial charge is 0.481 e. The molecule has 0 saturated heterocycles. The molecule has 116 valence electrons. The third kappa shape index (κ3) is 7.36. The van der Waals surface area contributed by atoms with E-state index in [9.17, 15) is 9.59 Å². The summed E-state index contributed by atoms with van der Waals surface area (Å²) in [6.45, 7) is 6.79. The quantitative estimate of drug-likeness (QED) is 0.672. The lowest BCUT2D eigenvalue weighted by Crippen LogP contribution is -2.45. The third-order valence-corrected chi connectivity index (χ3v) is 3.68. The molecular weight excluding hydrogens is 256 g/mol. The highest BCUT2D eigenvalue weighted by Crippen LogP contribution is 2.28. The van der Waals surface area contributed by atoms with Crippen LogP contribution in [-0.4, -0.2) is 29.7 Å². The maximum Gasteiger partial charge on any atom is 0.315 e. The van der Waals surface area contributed by atoms with Crippen molar-refractivity contribution < 1.29 is 14.7 Å².